The van der Waals surface area contributed by atoms with E-state index in [2.05, 4.69) is 15.4 Å². The summed E-state index contributed by atoms with van der Waals surface area (Å²) in [6.45, 7) is 1.72. The third kappa shape index (κ3) is 3.25. The first kappa shape index (κ1) is 13.4. The summed E-state index contributed by atoms with van der Waals surface area (Å²) in [4.78, 5) is 14.7. The number of nitrogens with zero attached hydrogens (tertiary/aromatic N) is 3. The summed E-state index contributed by atoms with van der Waals surface area (Å²) in [5, 5.41) is 17.3. The highest BCUT2D eigenvalue weighted by Gasteiger charge is 2.34. The Labute approximate surface area is 109 Å². The molecule has 2 aliphatic rings. The van der Waals surface area contributed by atoms with Crippen LogP contribution in [0.25, 0.3) is 0 Å². The zero-order valence-electron chi connectivity index (χ0n) is 10.5. The zero-order chi connectivity index (χ0) is 13.8. The van der Waals surface area contributed by atoms with Gasteiger partial charge in [0.15, 0.2) is 0 Å². The standard InChI is InChI=1S/C7H11N3O.C5H4FNO/c1-10-7(11)5-4-8-3-2-6(5)9-10;6-4-1-5(8)3-7-2-4/h5,8H,2-4H2,1H3;1-3,8H. The van der Waals surface area contributed by atoms with Crippen LogP contribution in [-0.2, 0) is 4.79 Å². The highest BCUT2D eigenvalue weighted by atomic mass is 19.1. The molecule has 0 spiro atoms. The summed E-state index contributed by atoms with van der Waals surface area (Å²) >= 11 is 0. The van der Waals surface area contributed by atoms with Crippen LogP contribution < -0.4 is 5.32 Å². The predicted molar refractivity (Wildman–Crippen MR) is 67.0 cm³/mol. The van der Waals surface area contributed by atoms with E-state index in [-0.39, 0.29) is 17.6 Å². The van der Waals surface area contributed by atoms with Crippen LogP contribution in [0.2, 0.25) is 0 Å². The van der Waals surface area contributed by atoms with Crippen LogP contribution >= 0.6 is 0 Å². The number of pyridine rings is 1. The van der Waals surface area contributed by atoms with Gasteiger partial charge in [-0.1, -0.05) is 0 Å². The molecule has 7 heteroatoms. The Bertz CT molecular complexity index is 489. The topological polar surface area (TPSA) is 77.8 Å². The molecule has 19 heavy (non-hydrogen) atoms. The van der Waals surface area contributed by atoms with Crippen molar-refractivity contribution >= 4 is 11.6 Å². The summed E-state index contributed by atoms with van der Waals surface area (Å²) in [6, 6.07) is 0.993. The molecule has 6 nitrogen and oxygen atoms in total. The van der Waals surface area contributed by atoms with Gasteiger partial charge in [0.25, 0.3) is 5.91 Å². The predicted octanol–water partition coefficient (Wildman–Crippen LogP) is 0.350. The van der Waals surface area contributed by atoms with Crippen LogP contribution in [0.15, 0.2) is 23.6 Å². The normalized spacial score (nSPS) is 21.4. The molecule has 1 fully saturated rings. The van der Waals surface area contributed by atoms with Crippen LogP contribution in [0, 0.1) is 11.7 Å². The Hall–Kier alpha value is -2.02. The quantitative estimate of drug-likeness (QED) is 0.710. The number of rotatable bonds is 0. The van der Waals surface area contributed by atoms with E-state index in [0.717, 1.165) is 37.5 Å². The summed E-state index contributed by atoms with van der Waals surface area (Å²) < 4.78 is 11.9. The summed E-state index contributed by atoms with van der Waals surface area (Å²) in [6.07, 6.45) is 3.11. The molecular formula is C12H15FN4O2. The van der Waals surface area contributed by atoms with E-state index in [1.165, 1.54) is 11.2 Å². The van der Waals surface area contributed by atoms with E-state index in [9.17, 15) is 9.18 Å². The number of piperidine rings is 1. The van der Waals surface area contributed by atoms with Gasteiger partial charge >= 0.3 is 0 Å². The minimum Gasteiger partial charge on any atom is -0.506 e. The third-order valence-electron chi connectivity index (χ3n) is 2.89. The number of aromatic hydroxyl groups is 1. The number of carbonyl (C=O) groups excluding carboxylic acids is 1. The van der Waals surface area contributed by atoms with Gasteiger partial charge in [-0.25, -0.2) is 9.40 Å². The second-order valence-electron chi connectivity index (χ2n) is 4.32. The molecule has 0 aromatic carbocycles. The maximum absolute atomic E-state index is 11.9. The molecule has 1 aromatic heterocycles. The van der Waals surface area contributed by atoms with Gasteiger partial charge in [-0.2, -0.15) is 5.10 Å². The van der Waals surface area contributed by atoms with E-state index in [1.54, 1.807) is 7.05 Å². The van der Waals surface area contributed by atoms with Gasteiger partial charge in [0.05, 0.1) is 24.0 Å². The van der Waals surface area contributed by atoms with Crippen molar-refractivity contribution in [2.75, 3.05) is 20.1 Å². The fourth-order valence-electron chi connectivity index (χ4n) is 1.97. The molecule has 0 radical (unpaired) electrons. The molecule has 1 saturated heterocycles. The Morgan fingerprint density at radius 1 is 1.53 bits per heavy atom. The zero-order valence-corrected chi connectivity index (χ0v) is 10.5. The molecule has 0 saturated carbocycles. The molecule has 3 rings (SSSR count). The number of halogens is 1. The monoisotopic (exact) mass is 266 g/mol. The van der Waals surface area contributed by atoms with Crippen molar-refractivity contribution in [2.24, 2.45) is 11.0 Å². The fourth-order valence-corrected chi connectivity index (χ4v) is 1.97. The first-order chi connectivity index (χ1) is 9.08. The number of hydrogen-bond acceptors (Lipinski definition) is 5. The van der Waals surface area contributed by atoms with Gasteiger partial charge < -0.3 is 10.4 Å². The van der Waals surface area contributed by atoms with Crippen LogP contribution in [0.3, 0.4) is 0 Å². The molecule has 3 heterocycles. The molecule has 1 atom stereocenters. The lowest BCUT2D eigenvalue weighted by molar-refractivity contribution is -0.130. The van der Waals surface area contributed by atoms with Gasteiger partial charge in [-0.15, -0.1) is 0 Å². The maximum Gasteiger partial charge on any atom is 0.252 e. The largest absolute Gasteiger partial charge is 0.506 e. The highest BCUT2D eigenvalue weighted by molar-refractivity contribution is 6.08. The van der Waals surface area contributed by atoms with E-state index >= 15 is 0 Å². The number of fused-ring (bicyclic) bond motifs is 1. The van der Waals surface area contributed by atoms with Gasteiger partial charge in [0.2, 0.25) is 0 Å². The van der Waals surface area contributed by atoms with Crippen LogP contribution in [0.4, 0.5) is 4.39 Å². The van der Waals surface area contributed by atoms with Crippen molar-refractivity contribution in [3.63, 3.8) is 0 Å². The summed E-state index contributed by atoms with van der Waals surface area (Å²) in [5.41, 5.74) is 1.05. The smallest absolute Gasteiger partial charge is 0.252 e. The van der Waals surface area contributed by atoms with E-state index < -0.39 is 5.82 Å². The average Bonchev–Trinajstić information content (AvgIpc) is 2.66. The number of hydrazone groups is 1. The Kier molecular flexibility index (Phi) is 4.06. The second-order valence-corrected chi connectivity index (χ2v) is 4.32. The minimum atomic E-state index is -0.523. The van der Waals surface area contributed by atoms with Gasteiger partial charge in [0.1, 0.15) is 11.6 Å². The lowest BCUT2D eigenvalue weighted by atomic mass is 9.98. The first-order valence-corrected chi connectivity index (χ1v) is 5.93. The fraction of sp³-hybridized carbons (Fsp3) is 0.417. The molecule has 1 aromatic rings. The van der Waals surface area contributed by atoms with E-state index in [0.29, 0.717) is 0 Å². The Morgan fingerprint density at radius 3 is 2.89 bits per heavy atom. The van der Waals surface area contributed by atoms with Crippen LogP contribution in [0.1, 0.15) is 6.42 Å². The first-order valence-electron chi connectivity index (χ1n) is 5.93. The van der Waals surface area contributed by atoms with Crippen molar-refractivity contribution in [2.45, 2.75) is 6.42 Å². The Balaban J connectivity index is 0.000000148. The van der Waals surface area contributed by atoms with Crippen molar-refractivity contribution in [1.82, 2.24) is 15.3 Å². The molecule has 102 valence electrons. The summed E-state index contributed by atoms with van der Waals surface area (Å²) in [5.74, 6) is -0.504. The number of hydrogen-bond donors (Lipinski definition) is 2. The summed E-state index contributed by atoms with van der Waals surface area (Å²) in [7, 11) is 1.72. The Morgan fingerprint density at radius 2 is 2.32 bits per heavy atom. The number of amides is 1. The van der Waals surface area contributed by atoms with Crippen LogP contribution in [-0.4, -0.2) is 46.9 Å². The van der Waals surface area contributed by atoms with Gasteiger partial charge in [-0.3, -0.25) is 9.78 Å². The lowest BCUT2D eigenvalue weighted by Crippen LogP contribution is -2.39. The molecular weight excluding hydrogens is 251 g/mol. The second kappa shape index (κ2) is 5.75. The number of nitrogens with one attached hydrogen (secondary N) is 1. The van der Waals surface area contributed by atoms with E-state index in [4.69, 9.17) is 5.11 Å². The molecule has 1 unspecified atom stereocenters. The highest BCUT2D eigenvalue weighted by Crippen LogP contribution is 2.17. The maximum atomic E-state index is 11.9. The third-order valence-corrected chi connectivity index (χ3v) is 2.89. The average molecular weight is 266 g/mol. The number of carbonyl (C=O) groups is 1. The molecule has 2 aliphatic heterocycles. The van der Waals surface area contributed by atoms with Crippen LogP contribution in [0.5, 0.6) is 5.75 Å². The number of aromatic nitrogens is 1. The lowest BCUT2D eigenvalue weighted by Gasteiger charge is -2.17. The molecule has 0 aliphatic carbocycles. The SMILES string of the molecule is CN1N=C2CCNCC2C1=O.Oc1cncc(F)c1. The molecule has 0 bridgehead atoms. The van der Waals surface area contributed by atoms with Crippen molar-refractivity contribution in [3.8, 4) is 5.75 Å². The minimum absolute atomic E-state index is 0.0359. The van der Waals surface area contributed by atoms with Gasteiger partial charge in [-0.05, 0) is 0 Å². The molecule has 1 amide bonds. The van der Waals surface area contributed by atoms with Crippen molar-refractivity contribution in [3.05, 3.63) is 24.3 Å². The molecule has 2 N–H and O–H groups in total. The van der Waals surface area contributed by atoms with Crippen molar-refractivity contribution < 1.29 is 14.3 Å². The van der Waals surface area contributed by atoms with E-state index in [1.807, 2.05) is 0 Å². The van der Waals surface area contributed by atoms with Crippen molar-refractivity contribution in [1.29, 1.82) is 0 Å². The van der Waals surface area contributed by atoms with Gasteiger partial charge in [0, 0.05) is 32.6 Å².